The Hall–Kier alpha value is -1.99. The second kappa shape index (κ2) is 6.86. The van der Waals surface area contributed by atoms with Crippen LogP contribution in [0, 0.1) is 0 Å². The highest BCUT2D eigenvalue weighted by Crippen LogP contribution is 2.25. The first-order valence-corrected chi connectivity index (χ1v) is 9.91. The Morgan fingerprint density at radius 1 is 1.21 bits per heavy atom. The van der Waals surface area contributed by atoms with E-state index in [-0.39, 0.29) is 11.2 Å². The maximum atomic E-state index is 12.2. The van der Waals surface area contributed by atoms with Gasteiger partial charge >= 0.3 is 0 Å². The summed E-state index contributed by atoms with van der Waals surface area (Å²) < 4.78 is 0. The molecule has 122 valence electrons. The number of nitrogens with zero attached hydrogens (tertiary/aromatic N) is 2. The molecular weight excluding hydrogens is 340 g/mol. The number of aromatic amines is 1. The monoisotopic (exact) mass is 356 g/mol. The number of nitrogens with one attached hydrogen (secondary N) is 2. The summed E-state index contributed by atoms with van der Waals surface area (Å²) >= 11 is 3.55. The zero-order valence-electron chi connectivity index (χ0n) is 12.9. The molecule has 24 heavy (non-hydrogen) atoms. The molecule has 0 saturated carbocycles. The molecule has 1 aliphatic rings. The van der Waals surface area contributed by atoms with Gasteiger partial charge in [0.15, 0.2) is 0 Å². The van der Waals surface area contributed by atoms with Crippen LogP contribution in [0.4, 0.5) is 5.82 Å². The minimum Gasteiger partial charge on any atom is -0.338 e. The van der Waals surface area contributed by atoms with Crippen LogP contribution < -0.4 is 5.32 Å². The molecule has 5 nitrogen and oxygen atoms in total. The van der Waals surface area contributed by atoms with Crippen LogP contribution >= 0.6 is 23.5 Å². The SMILES string of the molecule is O=C(Nc1ccc(-c2nc3ccccc3[nH]2)cn1)C1CSCCS1. The number of rotatable bonds is 3. The second-order valence-corrected chi connectivity index (χ2v) is 7.92. The van der Waals surface area contributed by atoms with E-state index in [1.54, 1.807) is 18.0 Å². The van der Waals surface area contributed by atoms with Crippen LogP contribution in [0.2, 0.25) is 0 Å². The summed E-state index contributed by atoms with van der Waals surface area (Å²) in [4.78, 5) is 24.4. The Kier molecular flexibility index (Phi) is 4.44. The molecular formula is C17H16N4OS2. The lowest BCUT2D eigenvalue weighted by atomic mass is 10.2. The predicted molar refractivity (Wildman–Crippen MR) is 102 cm³/mol. The van der Waals surface area contributed by atoms with Crippen LogP contribution in [-0.4, -0.2) is 43.4 Å². The first-order valence-electron chi connectivity index (χ1n) is 7.71. The van der Waals surface area contributed by atoms with Crippen molar-refractivity contribution in [2.45, 2.75) is 5.25 Å². The van der Waals surface area contributed by atoms with E-state index in [1.165, 1.54) is 0 Å². The standard InChI is InChI=1S/C17H16N4OS2/c22-17(14-10-23-7-8-24-14)21-15-6-5-11(9-18-15)16-19-12-3-1-2-4-13(12)20-16/h1-6,9,14H,7-8,10H2,(H,19,20)(H,18,21,22). The van der Waals surface area contributed by atoms with Crippen molar-refractivity contribution >= 4 is 46.3 Å². The van der Waals surface area contributed by atoms with Gasteiger partial charge in [0.1, 0.15) is 11.6 Å². The van der Waals surface area contributed by atoms with Gasteiger partial charge in [-0.3, -0.25) is 4.79 Å². The van der Waals surface area contributed by atoms with Crippen molar-refractivity contribution in [3.63, 3.8) is 0 Å². The number of thioether (sulfide) groups is 2. The molecule has 4 rings (SSSR count). The summed E-state index contributed by atoms with van der Waals surface area (Å²) in [5.74, 6) is 4.42. The smallest absolute Gasteiger partial charge is 0.239 e. The van der Waals surface area contributed by atoms with Gasteiger partial charge in [-0.25, -0.2) is 9.97 Å². The summed E-state index contributed by atoms with van der Waals surface area (Å²) in [6, 6.07) is 11.6. The van der Waals surface area contributed by atoms with Crippen LogP contribution in [-0.2, 0) is 4.79 Å². The van der Waals surface area contributed by atoms with E-state index in [0.29, 0.717) is 5.82 Å². The summed E-state index contributed by atoms with van der Waals surface area (Å²) in [7, 11) is 0. The lowest BCUT2D eigenvalue weighted by Crippen LogP contribution is -2.30. The van der Waals surface area contributed by atoms with Crippen molar-refractivity contribution in [3.05, 3.63) is 42.6 Å². The summed E-state index contributed by atoms with van der Waals surface area (Å²) in [5.41, 5.74) is 2.82. The lowest BCUT2D eigenvalue weighted by Gasteiger charge is -2.19. The van der Waals surface area contributed by atoms with E-state index >= 15 is 0 Å². The number of aromatic nitrogens is 3. The Bertz CT molecular complexity index is 823. The number of para-hydroxylation sites is 2. The molecule has 1 amide bonds. The number of imidazole rings is 1. The van der Waals surface area contributed by atoms with Crippen molar-refractivity contribution in [1.82, 2.24) is 15.0 Å². The topological polar surface area (TPSA) is 70.7 Å². The maximum Gasteiger partial charge on any atom is 0.239 e. The lowest BCUT2D eigenvalue weighted by molar-refractivity contribution is -0.115. The van der Waals surface area contributed by atoms with Crippen molar-refractivity contribution in [2.24, 2.45) is 0 Å². The third kappa shape index (κ3) is 3.27. The van der Waals surface area contributed by atoms with Crippen molar-refractivity contribution < 1.29 is 4.79 Å². The van der Waals surface area contributed by atoms with E-state index in [0.717, 1.165) is 39.7 Å². The molecule has 1 aromatic carbocycles. The molecule has 0 aliphatic carbocycles. The number of benzene rings is 1. The number of H-pyrrole nitrogens is 1. The molecule has 1 aliphatic heterocycles. The minimum absolute atomic E-state index is 0.0144. The zero-order valence-corrected chi connectivity index (χ0v) is 14.5. The molecule has 0 bridgehead atoms. The zero-order chi connectivity index (χ0) is 16.4. The van der Waals surface area contributed by atoms with Gasteiger partial charge in [-0.05, 0) is 24.3 Å². The van der Waals surface area contributed by atoms with E-state index in [2.05, 4.69) is 20.3 Å². The third-order valence-corrected chi connectivity index (χ3v) is 6.54. The van der Waals surface area contributed by atoms with Crippen LogP contribution in [0.5, 0.6) is 0 Å². The van der Waals surface area contributed by atoms with E-state index < -0.39 is 0 Å². The van der Waals surface area contributed by atoms with Gasteiger partial charge in [-0.2, -0.15) is 11.8 Å². The molecule has 1 saturated heterocycles. The molecule has 1 fully saturated rings. The molecule has 2 aromatic heterocycles. The Balaban J connectivity index is 1.48. The number of amides is 1. The quantitative estimate of drug-likeness (QED) is 0.752. The molecule has 1 unspecified atom stereocenters. The molecule has 0 spiro atoms. The molecule has 3 aromatic rings. The maximum absolute atomic E-state index is 12.2. The molecule has 7 heteroatoms. The number of carbonyl (C=O) groups excluding carboxylic acids is 1. The fourth-order valence-corrected chi connectivity index (χ4v) is 5.10. The number of pyridine rings is 1. The number of anilines is 1. The first-order chi connectivity index (χ1) is 11.8. The molecule has 0 radical (unpaired) electrons. The van der Waals surface area contributed by atoms with Crippen LogP contribution in [0.15, 0.2) is 42.6 Å². The van der Waals surface area contributed by atoms with Crippen molar-refractivity contribution in [1.29, 1.82) is 0 Å². The predicted octanol–water partition coefficient (Wildman–Crippen LogP) is 3.41. The number of hydrogen-bond donors (Lipinski definition) is 2. The normalized spacial score (nSPS) is 17.8. The van der Waals surface area contributed by atoms with Crippen molar-refractivity contribution in [3.8, 4) is 11.4 Å². The summed E-state index contributed by atoms with van der Waals surface area (Å²) in [5, 5.41) is 2.92. The van der Waals surface area contributed by atoms with Crippen LogP contribution in [0.25, 0.3) is 22.4 Å². The van der Waals surface area contributed by atoms with E-state index in [1.807, 2.05) is 48.2 Å². The van der Waals surface area contributed by atoms with Gasteiger partial charge in [0.05, 0.1) is 16.3 Å². The number of fused-ring (bicyclic) bond motifs is 1. The molecule has 1 atom stereocenters. The fourth-order valence-electron chi connectivity index (χ4n) is 2.54. The van der Waals surface area contributed by atoms with Gasteiger partial charge in [-0.15, -0.1) is 11.8 Å². The third-order valence-electron chi connectivity index (χ3n) is 3.79. The summed E-state index contributed by atoms with van der Waals surface area (Å²) in [6.45, 7) is 0. The minimum atomic E-state index is 0.0144. The van der Waals surface area contributed by atoms with Gasteiger partial charge < -0.3 is 10.3 Å². The van der Waals surface area contributed by atoms with Crippen LogP contribution in [0.1, 0.15) is 0 Å². The fraction of sp³-hybridized carbons (Fsp3) is 0.235. The van der Waals surface area contributed by atoms with Gasteiger partial charge in [0.2, 0.25) is 5.91 Å². The highest BCUT2D eigenvalue weighted by Gasteiger charge is 2.22. The second-order valence-electron chi connectivity index (χ2n) is 5.46. The van der Waals surface area contributed by atoms with Crippen molar-refractivity contribution in [2.75, 3.05) is 22.6 Å². The summed E-state index contributed by atoms with van der Waals surface area (Å²) in [6.07, 6.45) is 1.73. The molecule has 3 heterocycles. The largest absolute Gasteiger partial charge is 0.338 e. The highest BCUT2D eigenvalue weighted by molar-refractivity contribution is 8.07. The number of carbonyl (C=O) groups is 1. The van der Waals surface area contributed by atoms with Gasteiger partial charge in [-0.1, -0.05) is 12.1 Å². The Morgan fingerprint density at radius 2 is 2.12 bits per heavy atom. The van der Waals surface area contributed by atoms with Crippen LogP contribution in [0.3, 0.4) is 0 Å². The van der Waals surface area contributed by atoms with E-state index in [9.17, 15) is 4.79 Å². The average molecular weight is 356 g/mol. The van der Waals surface area contributed by atoms with Gasteiger partial charge in [0.25, 0.3) is 0 Å². The Labute approximate surface area is 148 Å². The Morgan fingerprint density at radius 3 is 2.88 bits per heavy atom. The first kappa shape index (κ1) is 15.5. The molecule has 2 N–H and O–H groups in total. The van der Waals surface area contributed by atoms with Gasteiger partial charge in [0, 0.05) is 29.0 Å². The highest BCUT2D eigenvalue weighted by atomic mass is 32.2. The average Bonchev–Trinajstić information content (AvgIpc) is 3.07. The van der Waals surface area contributed by atoms with E-state index in [4.69, 9.17) is 0 Å². The number of hydrogen-bond acceptors (Lipinski definition) is 5.